The van der Waals surface area contributed by atoms with Gasteiger partial charge in [-0.25, -0.2) is 14.1 Å². The molecule has 33 heavy (non-hydrogen) atoms. The predicted octanol–water partition coefficient (Wildman–Crippen LogP) is 4.12. The van der Waals surface area contributed by atoms with Gasteiger partial charge in [0.1, 0.15) is 17.9 Å². The number of fused-ring (bicyclic) bond motifs is 1. The molecule has 0 spiro atoms. The molecule has 4 N–H and O–H groups in total. The zero-order valence-corrected chi connectivity index (χ0v) is 18.1. The summed E-state index contributed by atoms with van der Waals surface area (Å²) in [6.45, 7) is 3.45. The number of aliphatic hydroxyl groups is 1. The molecule has 9 heteroatoms. The van der Waals surface area contributed by atoms with E-state index in [4.69, 9.17) is 0 Å². The summed E-state index contributed by atoms with van der Waals surface area (Å²) in [7, 11) is 0. The van der Waals surface area contributed by atoms with Gasteiger partial charge in [0.2, 0.25) is 5.95 Å². The number of hydrogen-bond donors (Lipinski definition) is 4. The van der Waals surface area contributed by atoms with Crippen LogP contribution in [0.5, 0.6) is 0 Å². The van der Waals surface area contributed by atoms with Crippen molar-refractivity contribution in [2.24, 2.45) is 0 Å². The van der Waals surface area contributed by atoms with Crippen LogP contribution in [0.4, 0.5) is 27.5 Å². The van der Waals surface area contributed by atoms with Crippen LogP contribution in [-0.4, -0.2) is 31.4 Å². The Kier molecular flexibility index (Phi) is 5.72. The fourth-order valence-electron chi connectivity index (χ4n) is 3.82. The van der Waals surface area contributed by atoms with E-state index in [1.807, 2.05) is 6.07 Å². The number of nitrogens with one attached hydrogen (secondary N) is 3. The van der Waals surface area contributed by atoms with E-state index in [-0.39, 0.29) is 5.82 Å². The SMILES string of the molecule is CC(O)n1cc(-c2cnc(Nc3cccc(F)c3)nc2Nc2ccc3c(c2)CNCC3)cn1. The highest BCUT2D eigenvalue weighted by Gasteiger charge is 2.15. The van der Waals surface area contributed by atoms with Gasteiger partial charge in [-0.15, -0.1) is 0 Å². The first-order chi connectivity index (χ1) is 16.0. The molecule has 0 aliphatic carbocycles. The number of benzene rings is 2. The molecule has 0 amide bonds. The minimum atomic E-state index is -0.752. The van der Waals surface area contributed by atoms with Crippen molar-refractivity contribution >= 4 is 23.1 Å². The van der Waals surface area contributed by atoms with Gasteiger partial charge in [-0.3, -0.25) is 0 Å². The monoisotopic (exact) mass is 445 g/mol. The number of hydrogen-bond acceptors (Lipinski definition) is 7. The van der Waals surface area contributed by atoms with Gasteiger partial charge in [-0.2, -0.15) is 10.1 Å². The highest BCUT2D eigenvalue weighted by molar-refractivity contribution is 5.78. The molecule has 0 saturated heterocycles. The molecule has 0 fully saturated rings. The summed E-state index contributed by atoms with van der Waals surface area (Å²) < 4.78 is 15.1. The Hall–Kier alpha value is -3.82. The van der Waals surface area contributed by atoms with Gasteiger partial charge >= 0.3 is 0 Å². The number of aliphatic hydroxyl groups excluding tert-OH is 1. The summed E-state index contributed by atoms with van der Waals surface area (Å²) in [5.74, 6) is 0.551. The average Bonchev–Trinajstić information content (AvgIpc) is 3.30. The third-order valence-electron chi connectivity index (χ3n) is 5.52. The minimum Gasteiger partial charge on any atom is -0.372 e. The molecule has 2 aromatic carbocycles. The van der Waals surface area contributed by atoms with Crippen LogP contribution < -0.4 is 16.0 Å². The van der Waals surface area contributed by atoms with Crippen molar-refractivity contribution in [3.63, 3.8) is 0 Å². The first-order valence-electron chi connectivity index (χ1n) is 10.8. The lowest BCUT2D eigenvalue weighted by atomic mass is 10.0. The highest BCUT2D eigenvalue weighted by Crippen LogP contribution is 2.31. The summed E-state index contributed by atoms with van der Waals surface area (Å²) in [5, 5.41) is 23.9. The van der Waals surface area contributed by atoms with Crippen LogP contribution in [-0.2, 0) is 13.0 Å². The molecule has 2 aromatic heterocycles. The Bertz CT molecular complexity index is 1290. The lowest BCUT2D eigenvalue weighted by Crippen LogP contribution is -2.23. The van der Waals surface area contributed by atoms with Gasteiger partial charge in [0.25, 0.3) is 0 Å². The van der Waals surface area contributed by atoms with Crippen molar-refractivity contribution in [2.75, 3.05) is 17.2 Å². The molecule has 1 unspecified atom stereocenters. The van der Waals surface area contributed by atoms with Crippen LogP contribution in [0.3, 0.4) is 0 Å². The summed E-state index contributed by atoms with van der Waals surface area (Å²) in [4.78, 5) is 9.08. The second-order valence-electron chi connectivity index (χ2n) is 7.97. The largest absolute Gasteiger partial charge is 0.372 e. The van der Waals surface area contributed by atoms with E-state index in [1.165, 1.54) is 27.9 Å². The van der Waals surface area contributed by atoms with E-state index in [0.717, 1.165) is 36.3 Å². The number of halogens is 1. The van der Waals surface area contributed by atoms with Crippen LogP contribution in [0, 0.1) is 5.82 Å². The smallest absolute Gasteiger partial charge is 0.229 e. The molecule has 5 rings (SSSR count). The van der Waals surface area contributed by atoms with Crippen molar-refractivity contribution in [3.8, 4) is 11.1 Å². The van der Waals surface area contributed by atoms with E-state index in [2.05, 4.69) is 43.1 Å². The fraction of sp³-hybridized carbons (Fsp3) is 0.208. The van der Waals surface area contributed by atoms with Crippen molar-refractivity contribution in [3.05, 3.63) is 78.0 Å². The molecule has 1 aliphatic rings. The third-order valence-corrected chi connectivity index (χ3v) is 5.52. The van der Waals surface area contributed by atoms with Crippen LogP contribution >= 0.6 is 0 Å². The summed E-state index contributed by atoms with van der Waals surface area (Å²) in [5.41, 5.74) is 5.53. The van der Waals surface area contributed by atoms with Gasteiger partial charge in [0, 0.05) is 41.4 Å². The molecule has 8 nitrogen and oxygen atoms in total. The Morgan fingerprint density at radius 1 is 1.09 bits per heavy atom. The van der Waals surface area contributed by atoms with E-state index >= 15 is 0 Å². The van der Waals surface area contributed by atoms with E-state index in [9.17, 15) is 9.50 Å². The molecule has 0 bridgehead atoms. The molecule has 3 heterocycles. The van der Waals surface area contributed by atoms with Crippen molar-refractivity contribution < 1.29 is 9.50 Å². The second kappa shape index (κ2) is 8.97. The van der Waals surface area contributed by atoms with Crippen molar-refractivity contribution in [2.45, 2.75) is 26.1 Å². The zero-order chi connectivity index (χ0) is 22.8. The predicted molar refractivity (Wildman–Crippen MR) is 125 cm³/mol. The van der Waals surface area contributed by atoms with Crippen LogP contribution in [0.1, 0.15) is 24.3 Å². The lowest BCUT2D eigenvalue weighted by molar-refractivity contribution is 0.111. The van der Waals surface area contributed by atoms with Crippen LogP contribution in [0.15, 0.2) is 61.1 Å². The maximum atomic E-state index is 13.6. The number of aromatic nitrogens is 4. The molecule has 4 aromatic rings. The first kappa shape index (κ1) is 21.0. The van der Waals surface area contributed by atoms with Gasteiger partial charge in [-0.1, -0.05) is 12.1 Å². The fourth-order valence-corrected chi connectivity index (χ4v) is 3.82. The maximum absolute atomic E-state index is 13.6. The van der Waals surface area contributed by atoms with Gasteiger partial charge in [0.15, 0.2) is 0 Å². The molecule has 1 aliphatic heterocycles. The minimum absolute atomic E-state index is 0.328. The van der Waals surface area contributed by atoms with E-state index in [1.54, 1.807) is 37.6 Å². The highest BCUT2D eigenvalue weighted by atomic mass is 19.1. The normalized spacial score (nSPS) is 13.9. The van der Waals surface area contributed by atoms with Crippen LogP contribution in [0.25, 0.3) is 11.1 Å². The maximum Gasteiger partial charge on any atom is 0.229 e. The molecule has 0 radical (unpaired) electrons. The summed E-state index contributed by atoms with van der Waals surface area (Å²) >= 11 is 0. The van der Waals surface area contributed by atoms with Gasteiger partial charge in [-0.05, 0) is 61.3 Å². The van der Waals surface area contributed by atoms with Crippen LogP contribution in [0.2, 0.25) is 0 Å². The van der Waals surface area contributed by atoms with Crippen molar-refractivity contribution in [1.82, 2.24) is 25.1 Å². The molecule has 1 atom stereocenters. The number of anilines is 4. The average molecular weight is 446 g/mol. The molecule has 0 saturated carbocycles. The zero-order valence-electron chi connectivity index (χ0n) is 18.1. The summed E-state index contributed by atoms with van der Waals surface area (Å²) in [6, 6.07) is 12.4. The Morgan fingerprint density at radius 3 is 2.79 bits per heavy atom. The van der Waals surface area contributed by atoms with Gasteiger partial charge < -0.3 is 21.1 Å². The molecular weight excluding hydrogens is 421 g/mol. The standard InChI is InChI=1S/C24H24FN7O/c1-15(33)32-14-18(12-28-32)22-13-27-24(30-20-4-2-3-19(25)10-20)31-23(22)29-21-6-5-16-7-8-26-11-17(16)9-21/h2-6,9-10,12-15,26,33H,7-8,11H2,1H3,(H2,27,29,30,31). The lowest BCUT2D eigenvalue weighted by Gasteiger charge is -2.19. The van der Waals surface area contributed by atoms with E-state index in [0.29, 0.717) is 17.5 Å². The summed E-state index contributed by atoms with van der Waals surface area (Å²) in [6.07, 6.45) is 5.34. The number of rotatable bonds is 6. The Labute approximate surface area is 190 Å². The first-order valence-corrected chi connectivity index (χ1v) is 10.8. The molecule has 168 valence electrons. The second-order valence-corrected chi connectivity index (χ2v) is 7.97. The topological polar surface area (TPSA) is 99.9 Å². The van der Waals surface area contributed by atoms with Gasteiger partial charge in [0.05, 0.1) is 6.20 Å². The molecular formula is C24H24FN7O. The Balaban J connectivity index is 1.51. The third kappa shape index (κ3) is 4.69. The quantitative estimate of drug-likeness (QED) is 0.354. The van der Waals surface area contributed by atoms with Crippen molar-refractivity contribution in [1.29, 1.82) is 0 Å². The Morgan fingerprint density at radius 2 is 1.97 bits per heavy atom. The number of nitrogens with zero attached hydrogens (tertiary/aromatic N) is 4. The van der Waals surface area contributed by atoms with E-state index < -0.39 is 6.23 Å².